The number of halogens is 1. The molecule has 0 radical (unpaired) electrons. The molecule has 0 amide bonds. The van der Waals surface area contributed by atoms with Gasteiger partial charge in [0.25, 0.3) is 0 Å². The molecule has 3 aromatic rings. The molecular weight excluding hydrogens is 355 g/mol. The molecule has 2 heterocycles. The fourth-order valence-corrected chi connectivity index (χ4v) is 4.00. The lowest BCUT2D eigenvalue weighted by Crippen LogP contribution is -3.15. The van der Waals surface area contributed by atoms with Crippen molar-refractivity contribution < 1.29 is 9.29 Å². The third kappa shape index (κ3) is 3.62. The molecule has 0 bridgehead atoms. The van der Waals surface area contributed by atoms with E-state index in [1.165, 1.54) is 16.5 Å². The number of benzene rings is 2. The molecule has 1 atom stereocenters. The van der Waals surface area contributed by atoms with Crippen LogP contribution < -0.4 is 9.80 Å². The molecule has 28 heavy (non-hydrogen) atoms. The van der Waals surface area contributed by atoms with Gasteiger partial charge in [0.2, 0.25) is 5.82 Å². The van der Waals surface area contributed by atoms with Crippen LogP contribution in [0.2, 0.25) is 0 Å². The normalized spacial score (nSPS) is 16.5. The molecule has 4 rings (SSSR count). The van der Waals surface area contributed by atoms with Crippen molar-refractivity contribution in [3.8, 4) is 0 Å². The Kier molecular flexibility index (Phi) is 5.34. The number of para-hydroxylation sites is 1. The number of hydrogen-bond acceptors (Lipinski definition) is 4. The van der Waals surface area contributed by atoms with Crippen LogP contribution in [0.1, 0.15) is 37.3 Å². The van der Waals surface area contributed by atoms with Crippen molar-refractivity contribution in [2.45, 2.75) is 25.9 Å². The van der Waals surface area contributed by atoms with Gasteiger partial charge in [-0.2, -0.15) is 0 Å². The number of quaternary nitrogens is 1. The average molecular weight is 381 g/mol. The minimum atomic E-state index is -0.158. The number of tetrazole rings is 1. The van der Waals surface area contributed by atoms with Crippen molar-refractivity contribution in [1.82, 2.24) is 20.2 Å². The summed E-state index contributed by atoms with van der Waals surface area (Å²) in [6.45, 7) is 7.55. The zero-order valence-electron chi connectivity index (χ0n) is 16.3. The first-order valence-corrected chi connectivity index (χ1v) is 9.82. The van der Waals surface area contributed by atoms with Gasteiger partial charge in [-0.3, -0.25) is 0 Å². The number of hydrogen-bond donors (Lipinski definition) is 1. The number of nitrogens with one attached hydrogen (secondary N) is 1. The van der Waals surface area contributed by atoms with Gasteiger partial charge in [-0.25, -0.2) is 9.07 Å². The largest absolute Gasteiger partial charge is 0.358 e. The van der Waals surface area contributed by atoms with Crippen LogP contribution in [-0.2, 0) is 0 Å². The zero-order chi connectivity index (χ0) is 19.5. The van der Waals surface area contributed by atoms with Crippen LogP contribution in [0.4, 0.5) is 10.1 Å². The van der Waals surface area contributed by atoms with Crippen LogP contribution in [-0.4, -0.2) is 46.4 Å². The molecule has 0 saturated carbocycles. The third-order valence-electron chi connectivity index (χ3n) is 5.41. The Labute approximate surface area is 164 Å². The summed E-state index contributed by atoms with van der Waals surface area (Å²) in [4.78, 5) is 3.53. The van der Waals surface area contributed by atoms with Crippen molar-refractivity contribution >= 4 is 5.69 Å². The number of piperazine rings is 1. The topological polar surface area (TPSA) is 51.3 Å². The number of nitrogens with zero attached hydrogens (tertiary/aromatic N) is 5. The van der Waals surface area contributed by atoms with E-state index in [-0.39, 0.29) is 17.9 Å². The predicted octanol–water partition coefficient (Wildman–Crippen LogP) is 1.89. The van der Waals surface area contributed by atoms with E-state index in [2.05, 4.69) is 58.5 Å². The van der Waals surface area contributed by atoms with E-state index in [0.29, 0.717) is 5.69 Å². The van der Waals surface area contributed by atoms with Gasteiger partial charge in [0.05, 0.1) is 37.9 Å². The van der Waals surface area contributed by atoms with Crippen LogP contribution in [0.15, 0.2) is 54.6 Å². The molecule has 0 aliphatic carbocycles. The van der Waals surface area contributed by atoms with Crippen molar-refractivity contribution in [3.63, 3.8) is 0 Å². The lowest BCUT2D eigenvalue weighted by Gasteiger charge is -2.37. The molecule has 1 N–H and O–H groups in total. The number of rotatable bonds is 5. The third-order valence-corrected chi connectivity index (χ3v) is 5.41. The monoisotopic (exact) mass is 381 g/mol. The molecule has 1 aliphatic heterocycles. The Morgan fingerprint density at radius 3 is 2.32 bits per heavy atom. The zero-order valence-corrected chi connectivity index (χ0v) is 16.3. The van der Waals surface area contributed by atoms with Crippen molar-refractivity contribution in [2.75, 3.05) is 31.1 Å². The molecule has 2 aromatic carbocycles. The van der Waals surface area contributed by atoms with Crippen molar-refractivity contribution in [3.05, 3.63) is 71.8 Å². The van der Waals surface area contributed by atoms with Gasteiger partial charge in [-0.05, 0) is 36.4 Å². The first-order valence-electron chi connectivity index (χ1n) is 9.82. The van der Waals surface area contributed by atoms with Crippen LogP contribution >= 0.6 is 0 Å². The van der Waals surface area contributed by atoms with Crippen molar-refractivity contribution in [2.24, 2.45) is 0 Å². The number of aromatic nitrogens is 4. The van der Waals surface area contributed by atoms with E-state index in [4.69, 9.17) is 0 Å². The maximum absolute atomic E-state index is 14.2. The lowest BCUT2D eigenvalue weighted by molar-refractivity contribution is -0.927. The van der Waals surface area contributed by atoms with E-state index in [1.807, 2.05) is 22.9 Å². The summed E-state index contributed by atoms with van der Waals surface area (Å²) < 4.78 is 16.1. The first kappa shape index (κ1) is 18.6. The quantitative estimate of drug-likeness (QED) is 0.733. The highest BCUT2D eigenvalue weighted by Crippen LogP contribution is 2.21. The summed E-state index contributed by atoms with van der Waals surface area (Å²) in [7, 11) is 0. The predicted molar refractivity (Wildman–Crippen MR) is 106 cm³/mol. The molecule has 1 saturated heterocycles. The fourth-order valence-electron chi connectivity index (χ4n) is 4.00. The van der Waals surface area contributed by atoms with E-state index in [1.54, 1.807) is 6.07 Å². The highest BCUT2D eigenvalue weighted by molar-refractivity contribution is 5.47. The van der Waals surface area contributed by atoms with Gasteiger partial charge < -0.3 is 9.80 Å². The second-order valence-electron chi connectivity index (χ2n) is 7.52. The molecule has 1 fully saturated rings. The minimum Gasteiger partial charge on any atom is -0.358 e. The van der Waals surface area contributed by atoms with E-state index in [0.717, 1.165) is 32.0 Å². The fraction of sp³-hybridized carbons (Fsp3) is 0.381. The van der Waals surface area contributed by atoms with Gasteiger partial charge in [0.15, 0.2) is 6.04 Å². The maximum atomic E-state index is 14.2. The van der Waals surface area contributed by atoms with E-state index < -0.39 is 0 Å². The second-order valence-corrected chi connectivity index (χ2v) is 7.52. The Hall–Kier alpha value is -2.80. The summed E-state index contributed by atoms with van der Waals surface area (Å²) >= 11 is 0. The molecule has 6 nitrogen and oxygen atoms in total. The van der Waals surface area contributed by atoms with Gasteiger partial charge in [0.1, 0.15) is 5.82 Å². The van der Waals surface area contributed by atoms with Gasteiger partial charge in [-0.15, -0.1) is 5.10 Å². The van der Waals surface area contributed by atoms with Crippen LogP contribution in [0.3, 0.4) is 0 Å². The minimum absolute atomic E-state index is 0.0568. The Morgan fingerprint density at radius 1 is 0.964 bits per heavy atom. The standard InChI is InChI=1S/C21H25FN6/c1-16(2)28-21(23-24-25-28)20(17-8-4-3-5-9-17)27-14-12-26(13-15-27)19-11-7-6-10-18(19)22/h3-11,16,20H,12-15H2,1-2H3/p+1/t20-/m0/s1. The summed E-state index contributed by atoms with van der Waals surface area (Å²) in [6.07, 6.45) is 0. The summed E-state index contributed by atoms with van der Waals surface area (Å²) in [5, 5.41) is 12.5. The molecule has 7 heteroatoms. The summed E-state index contributed by atoms with van der Waals surface area (Å²) in [6, 6.07) is 17.7. The number of anilines is 1. The molecule has 0 spiro atoms. The lowest BCUT2D eigenvalue weighted by atomic mass is 10.0. The molecule has 0 unspecified atom stereocenters. The Morgan fingerprint density at radius 2 is 1.64 bits per heavy atom. The van der Waals surface area contributed by atoms with E-state index >= 15 is 0 Å². The van der Waals surface area contributed by atoms with Crippen LogP contribution in [0, 0.1) is 5.82 Å². The molecular formula is C21H26FN6+. The molecule has 146 valence electrons. The highest BCUT2D eigenvalue weighted by atomic mass is 19.1. The smallest absolute Gasteiger partial charge is 0.214 e. The molecule has 1 aliphatic rings. The second kappa shape index (κ2) is 8.06. The maximum Gasteiger partial charge on any atom is 0.214 e. The summed E-state index contributed by atoms with van der Waals surface area (Å²) in [5.74, 6) is 0.727. The van der Waals surface area contributed by atoms with Crippen molar-refractivity contribution in [1.29, 1.82) is 0 Å². The Balaban J connectivity index is 1.60. The van der Waals surface area contributed by atoms with Crippen LogP contribution in [0.25, 0.3) is 0 Å². The molecule has 1 aromatic heterocycles. The van der Waals surface area contributed by atoms with Crippen LogP contribution in [0.5, 0.6) is 0 Å². The Bertz CT molecular complexity index is 902. The highest BCUT2D eigenvalue weighted by Gasteiger charge is 2.34. The van der Waals surface area contributed by atoms with E-state index in [9.17, 15) is 4.39 Å². The van der Waals surface area contributed by atoms with Gasteiger partial charge in [-0.1, -0.05) is 42.5 Å². The van der Waals surface area contributed by atoms with Gasteiger partial charge in [0, 0.05) is 5.56 Å². The summed E-state index contributed by atoms with van der Waals surface area (Å²) in [5.41, 5.74) is 1.89. The van der Waals surface area contributed by atoms with Gasteiger partial charge >= 0.3 is 0 Å². The SMILES string of the molecule is CC(C)n1nnnc1[C@H](c1ccccc1)[NH+]1CCN(c2ccccc2F)CC1. The first-order chi connectivity index (χ1) is 13.6. The average Bonchev–Trinajstić information content (AvgIpc) is 3.20.